The van der Waals surface area contributed by atoms with Gasteiger partial charge in [-0.05, 0) is 67.3 Å². The molecule has 0 aliphatic carbocycles. The number of nitrogens with zero attached hydrogens (tertiary/aromatic N) is 5. The highest BCUT2D eigenvalue weighted by molar-refractivity contribution is 5.90. The molecule has 2 aromatic carbocycles. The molecule has 0 radical (unpaired) electrons. The van der Waals surface area contributed by atoms with E-state index in [2.05, 4.69) is 20.3 Å². The summed E-state index contributed by atoms with van der Waals surface area (Å²) < 4.78 is 17.1. The molecule has 4 heterocycles. The number of phenolic OH excluding ortho intramolecular Hbond substituents is 1. The highest BCUT2D eigenvalue weighted by Crippen LogP contribution is 2.29. The summed E-state index contributed by atoms with van der Waals surface area (Å²) in [5.41, 5.74) is 3.94. The molecule has 4 aromatic heterocycles. The number of hydrogen-bond acceptors (Lipinski definition) is 6. The van der Waals surface area contributed by atoms with Crippen molar-refractivity contribution in [3.8, 4) is 11.4 Å². The standard InChI is InChI=1S/C28H24FN7O2/c1-16-8-9-35-24(16)28(38)36(21-6-4-3-5-7-21)27(34-35)17(2)33-26-23-19(14-30-25(23)31-15-32-26)10-18-11-20(29)13-22(37)12-18/h3-9,11-15,17,37H,10H2,1-2H3,(H2,30,31,32,33). The Labute approximate surface area is 216 Å². The molecule has 6 rings (SSSR count). The number of rotatable bonds is 6. The molecule has 6 aromatic rings. The number of phenols is 1. The molecule has 3 N–H and O–H groups in total. The zero-order valence-corrected chi connectivity index (χ0v) is 20.7. The fourth-order valence-electron chi connectivity index (χ4n) is 4.84. The number of aryl methyl sites for hydroxylation is 1. The first-order valence-electron chi connectivity index (χ1n) is 12.1. The predicted octanol–water partition coefficient (Wildman–Crippen LogP) is 4.67. The van der Waals surface area contributed by atoms with Crippen molar-refractivity contribution in [2.75, 3.05) is 5.32 Å². The Bertz CT molecular complexity index is 1840. The Balaban J connectivity index is 1.44. The molecule has 0 aliphatic rings. The van der Waals surface area contributed by atoms with E-state index in [0.717, 1.165) is 22.6 Å². The van der Waals surface area contributed by atoms with Crippen LogP contribution in [-0.4, -0.2) is 34.2 Å². The van der Waals surface area contributed by atoms with E-state index in [1.165, 1.54) is 18.5 Å². The van der Waals surface area contributed by atoms with E-state index < -0.39 is 11.9 Å². The molecule has 0 saturated carbocycles. The summed E-state index contributed by atoms with van der Waals surface area (Å²) in [5, 5.41) is 18.8. The minimum atomic E-state index is -0.510. The Morgan fingerprint density at radius 2 is 1.95 bits per heavy atom. The fourth-order valence-corrected chi connectivity index (χ4v) is 4.84. The van der Waals surface area contributed by atoms with Gasteiger partial charge in [0, 0.05) is 18.5 Å². The summed E-state index contributed by atoms with van der Waals surface area (Å²) in [7, 11) is 0. The van der Waals surface area contributed by atoms with Crippen LogP contribution in [0, 0.1) is 12.7 Å². The van der Waals surface area contributed by atoms with E-state index in [1.807, 2.05) is 50.2 Å². The first kappa shape index (κ1) is 23.4. The molecule has 0 fully saturated rings. The van der Waals surface area contributed by atoms with Crippen molar-refractivity contribution in [3.63, 3.8) is 0 Å². The van der Waals surface area contributed by atoms with E-state index in [0.29, 0.717) is 40.5 Å². The number of aromatic amines is 1. The van der Waals surface area contributed by atoms with Crippen LogP contribution in [0.25, 0.3) is 22.2 Å². The monoisotopic (exact) mass is 509 g/mol. The molecule has 0 bridgehead atoms. The first-order valence-corrected chi connectivity index (χ1v) is 12.1. The number of anilines is 1. The number of benzene rings is 2. The van der Waals surface area contributed by atoms with Gasteiger partial charge in [-0.1, -0.05) is 18.2 Å². The van der Waals surface area contributed by atoms with Gasteiger partial charge in [0.05, 0.1) is 17.1 Å². The summed E-state index contributed by atoms with van der Waals surface area (Å²) in [4.78, 5) is 25.6. The quantitative estimate of drug-likeness (QED) is 0.301. The molecule has 0 aliphatic heterocycles. The normalized spacial score (nSPS) is 12.3. The molecule has 0 spiro atoms. The Morgan fingerprint density at radius 1 is 1.13 bits per heavy atom. The molecule has 0 saturated heterocycles. The average molecular weight is 510 g/mol. The fraction of sp³-hybridized carbons (Fsp3) is 0.143. The summed E-state index contributed by atoms with van der Waals surface area (Å²) in [5.74, 6) is 0.396. The van der Waals surface area contributed by atoms with Crippen molar-refractivity contribution in [1.82, 2.24) is 29.1 Å². The van der Waals surface area contributed by atoms with Gasteiger partial charge in [0.1, 0.15) is 34.9 Å². The van der Waals surface area contributed by atoms with E-state index in [9.17, 15) is 14.3 Å². The molecular weight excluding hydrogens is 485 g/mol. The maximum absolute atomic E-state index is 13.9. The third-order valence-electron chi connectivity index (χ3n) is 6.56. The van der Waals surface area contributed by atoms with Gasteiger partial charge in [-0.15, -0.1) is 0 Å². The van der Waals surface area contributed by atoms with Crippen LogP contribution in [0.2, 0.25) is 0 Å². The number of halogens is 1. The lowest BCUT2D eigenvalue weighted by Gasteiger charge is -2.20. The zero-order valence-electron chi connectivity index (χ0n) is 20.7. The molecule has 1 unspecified atom stereocenters. The lowest BCUT2D eigenvalue weighted by Crippen LogP contribution is -2.29. The van der Waals surface area contributed by atoms with E-state index in [4.69, 9.17) is 5.10 Å². The summed E-state index contributed by atoms with van der Waals surface area (Å²) in [6.07, 6.45) is 5.37. The lowest BCUT2D eigenvalue weighted by molar-refractivity contribution is 0.468. The van der Waals surface area contributed by atoms with Gasteiger partial charge in [0.2, 0.25) is 0 Å². The van der Waals surface area contributed by atoms with E-state index in [1.54, 1.807) is 21.5 Å². The number of H-pyrrole nitrogens is 1. The van der Waals surface area contributed by atoms with Crippen molar-refractivity contribution in [2.45, 2.75) is 26.3 Å². The Morgan fingerprint density at radius 3 is 2.74 bits per heavy atom. The van der Waals surface area contributed by atoms with Crippen molar-refractivity contribution in [1.29, 1.82) is 0 Å². The highest BCUT2D eigenvalue weighted by Gasteiger charge is 2.21. The predicted molar refractivity (Wildman–Crippen MR) is 142 cm³/mol. The van der Waals surface area contributed by atoms with Crippen LogP contribution in [-0.2, 0) is 6.42 Å². The summed E-state index contributed by atoms with van der Waals surface area (Å²) in [6, 6.07) is 14.8. The van der Waals surface area contributed by atoms with Gasteiger partial charge in [0.25, 0.3) is 5.56 Å². The van der Waals surface area contributed by atoms with Gasteiger partial charge in [-0.2, -0.15) is 5.10 Å². The topological polar surface area (TPSA) is 113 Å². The Hall–Kier alpha value is -4.99. The molecule has 38 heavy (non-hydrogen) atoms. The van der Waals surface area contributed by atoms with E-state index >= 15 is 0 Å². The SMILES string of the molecule is Cc1ccn2nc(C(C)Nc3ncnc4[nH]cc(Cc5cc(O)cc(F)c5)c34)n(-c3ccccc3)c(=O)c12. The molecule has 10 heteroatoms. The van der Waals surface area contributed by atoms with Crippen molar-refractivity contribution < 1.29 is 9.50 Å². The van der Waals surface area contributed by atoms with Gasteiger partial charge < -0.3 is 15.4 Å². The number of fused-ring (bicyclic) bond motifs is 2. The number of aromatic nitrogens is 6. The first-order chi connectivity index (χ1) is 18.4. The van der Waals surface area contributed by atoms with Crippen LogP contribution in [0.3, 0.4) is 0 Å². The van der Waals surface area contributed by atoms with Gasteiger partial charge in [0.15, 0.2) is 5.82 Å². The minimum absolute atomic E-state index is 0.135. The number of aromatic hydroxyl groups is 1. The van der Waals surface area contributed by atoms with Gasteiger partial charge >= 0.3 is 0 Å². The zero-order chi connectivity index (χ0) is 26.4. The van der Waals surface area contributed by atoms with Crippen molar-refractivity contribution in [2.24, 2.45) is 0 Å². The third kappa shape index (κ3) is 4.05. The average Bonchev–Trinajstić information content (AvgIpc) is 3.48. The maximum atomic E-state index is 13.9. The number of hydrogen-bond donors (Lipinski definition) is 3. The number of para-hydroxylation sites is 1. The molecular formula is C28H24FN7O2. The van der Waals surface area contributed by atoms with Crippen LogP contribution in [0.15, 0.2) is 78.1 Å². The Kier molecular flexibility index (Phi) is 5.64. The molecule has 9 nitrogen and oxygen atoms in total. The summed E-state index contributed by atoms with van der Waals surface area (Å²) in [6.45, 7) is 3.80. The maximum Gasteiger partial charge on any atom is 0.282 e. The third-order valence-corrected chi connectivity index (χ3v) is 6.56. The van der Waals surface area contributed by atoms with Crippen LogP contribution in [0.5, 0.6) is 5.75 Å². The molecule has 1 atom stereocenters. The molecule has 190 valence electrons. The minimum Gasteiger partial charge on any atom is -0.508 e. The number of nitrogens with one attached hydrogen (secondary N) is 2. The van der Waals surface area contributed by atoms with E-state index in [-0.39, 0.29) is 11.3 Å². The smallest absolute Gasteiger partial charge is 0.282 e. The van der Waals surface area contributed by atoms with Gasteiger partial charge in [-0.3, -0.25) is 9.36 Å². The second-order valence-corrected chi connectivity index (χ2v) is 9.25. The van der Waals surface area contributed by atoms with Crippen LogP contribution in [0.1, 0.15) is 35.5 Å². The summed E-state index contributed by atoms with van der Waals surface area (Å²) >= 11 is 0. The molecule has 0 amide bonds. The largest absolute Gasteiger partial charge is 0.508 e. The van der Waals surface area contributed by atoms with Crippen LogP contribution in [0.4, 0.5) is 10.2 Å². The van der Waals surface area contributed by atoms with Crippen LogP contribution >= 0.6 is 0 Å². The highest BCUT2D eigenvalue weighted by atomic mass is 19.1. The lowest BCUT2D eigenvalue weighted by atomic mass is 10.0. The van der Waals surface area contributed by atoms with Crippen molar-refractivity contribution in [3.05, 3.63) is 112 Å². The second-order valence-electron chi connectivity index (χ2n) is 9.25. The van der Waals surface area contributed by atoms with Crippen LogP contribution < -0.4 is 10.9 Å². The van der Waals surface area contributed by atoms with Gasteiger partial charge in [-0.25, -0.2) is 18.9 Å². The second kappa shape index (κ2) is 9.15. The van der Waals surface area contributed by atoms with Crippen molar-refractivity contribution >= 4 is 22.4 Å².